The zero-order valence-electron chi connectivity index (χ0n) is 9.74. The number of carbonyl (C=O) groups excluding carboxylic acids is 1. The van der Waals surface area contributed by atoms with Crippen LogP contribution in [-0.4, -0.2) is 15.8 Å². The van der Waals surface area contributed by atoms with E-state index in [4.69, 9.17) is 0 Å². The molecule has 0 aromatic carbocycles. The van der Waals surface area contributed by atoms with Crippen molar-refractivity contribution in [1.82, 2.24) is 9.97 Å². The average molecular weight is 220 g/mol. The lowest BCUT2D eigenvalue weighted by Crippen LogP contribution is -2.10. The van der Waals surface area contributed by atoms with Gasteiger partial charge in [0.15, 0.2) is 0 Å². The summed E-state index contributed by atoms with van der Waals surface area (Å²) in [5.74, 6) is 1.92. The molecule has 88 valence electrons. The number of ketones is 1. The van der Waals surface area contributed by atoms with Gasteiger partial charge in [-0.3, -0.25) is 4.79 Å². The Balaban J connectivity index is 1.67. The summed E-state index contributed by atoms with van der Waals surface area (Å²) in [7, 11) is 0. The fourth-order valence-corrected chi connectivity index (χ4v) is 2.51. The molecular weight excluding hydrogens is 200 g/mol. The molecule has 0 saturated heterocycles. The van der Waals surface area contributed by atoms with Crippen LogP contribution < -0.4 is 0 Å². The van der Waals surface area contributed by atoms with Crippen molar-refractivity contribution in [1.29, 1.82) is 0 Å². The Morgan fingerprint density at radius 1 is 1.38 bits per heavy atom. The molecule has 0 bridgehead atoms. The largest absolute Gasteiger partial charge is 0.348 e. The van der Waals surface area contributed by atoms with Crippen molar-refractivity contribution >= 4 is 5.78 Å². The molecule has 1 saturated carbocycles. The molecule has 0 unspecified atom stereocenters. The van der Waals surface area contributed by atoms with Crippen molar-refractivity contribution in [3.05, 3.63) is 18.2 Å². The maximum Gasteiger partial charge on any atom is 0.140 e. The van der Waals surface area contributed by atoms with Gasteiger partial charge in [0.1, 0.15) is 11.6 Å². The van der Waals surface area contributed by atoms with Gasteiger partial charge in [0.05, 0.1) is 6.42 Å². The standard InChI is InChI=1S/C13H20N2O/c16-12(10-13-14-8-9-15-13)7-6-11-4-2-1-3-5-11/h8-9,11H,1-7,10H2,(H,14,15). The van der Waals surface area contributed by atoms with E-state index in [2.05, 4.69) is 9.97 Å². The lowest BCUT2D eigenvalue weighted by atomic mass is 9.85. The number of nitrogens with one attached hydrogen (secondary N) is 1. The smallest absolute Gasteiger partial charge is 0.140 e. The monoisotopic (exact) mass is 220 g/mol. The highest BCUT2D eigenvalue weighted by Crippen LogP contribution is 2.27. The molecule has 0 radical (unpaired) electrons. The highest BCUT2D eigenvalue weighted by Gasteiger charge is 2.15. The molecular formula is C13H20N2O. The molecule has 2 rings (SSSR count). The van der Waals surface area contributed by atoms with E-state index in [9.17, 15) is 4.79 Å². The zero-order valence-corrected chi connectivity index (χ0v) is 9.74. The Kier molecular flexibility index (Phi) is 4.14. The quantitative estimate of drug-likeness (QED) is 0.829. The van der Waals surface area contributed by atoms with E-state index in [1.165, 1.54) is 32.1 Å². The molecule has 16 heavy (non-hydrogen) atoms. The van der Waals surface area contributed by atoms with E-state index in [-0.39, 0.29) is 0 Å². The molecule has 1 aromatic rings. The van der Waals surface area contributed by atoms with Crippen LogP contribution in [0.3, 0.4) is 0 Å². The van der Waals surface area contributed by atoms with E-state index in [0.717, 1.165) is 24.6 Å². The van der Waals surface area contributed by atoms with Gasteiger partial charge < -0.3 is 4.98 Å². The number of H-pyrrole nitrogens is 1. The van der Waals surface area contributed by atoms with Gasteiger partial charge in [-0.05, 0) is 12.3 Å². The summed E-state index contributed by atoms with van der Waals surface area (Å²) in [6.07, 6.45) is 12.5. The van der Waals surface area contributed by atoms with Gasteiger partial charge in [0, 0.05) is 18.8 Å². The number of aromatic nitrogens is 2. The van der Waals surface area contributed by atoms with Crippen molar-refractivity contribution < 1.29 is 4.79 Å². The van der Waals surface area contributed by atoms with Crippen molar-refractivity contribution in [2.75, 3.05) is 0 Å². The third kappa shape index (κ3) is 3.47. The van der Waals surface area contributed by atoms with Crippen LogP contribution in [0.2, 0.25) is 0 Å². The van der Waals surface area contributed by atoms with Crippen LogP contribution in [0.25, 0.3) is 0 Å². The normalized spacial score (nSPS) is 17.5. The summed E-state index contributed by atoms with van der Waals surface area (Å²) in [4.78, 5) is 18.7. The molecule has 1 aliphatic carbocycles. The van der Waals surface area contributed by atoms with Crippen LogP contribution in [0.5, 0.6) is 0 Å². The second-order valence-electron chi connectivity index (χ2n) is 4.79. The molecule has 0 amide bonds. The molecule has 0 atom stereocenters. The Hall–Kier alpha value is -1.12. The molecule has 1 aromatic heterocycles. The first-order valence-corrected chi connectivity index (χ1v) is 6.34. The van der Waals surface area contributed by atoms with Gasteiger partial charge in [-0.15, -0.1) is 0 Å². The van der Waals surface area contributed by atoms with Gasteiger partial charge in [0.25, 0.3) is 0 Å². The predicted molar refractivity (Wildman–Crippen MR) is 63.1 cm³/mol. The summed E-state index contributed by atoms with van der Waals surface area (Å²) in [6, 6.07) is 0. The molecule has 3 heteroatoms. The van der Waals surface area contributed by atoms with Gasteiger partial charge in [0.2, 0.25) is 0 Å². The van der Waals surface area contributed by atoms with Crippen molar-refractivity contribution in [3.63, 3.8) is 0 Å². The highest BCUT2D eigenvalue weighted by atomic mass is 16.1. The highest BCUT2D eigenvalue weighted by molar-refractivity contribution is 5.80. The number of imidazole rings is 1. The first-order valence-electron chi connectivity index (χ1n) is 6.34. The maximum atomic E-state index is 11.7. The molecule has 0 spiro atoms. The molecule has 1 heterocycles. The Bertz CT molecular complexity index is 313. The third-order valence-electron chi connectivity index (χ3n) is 3.48. The van der Waals surface area contributed by atoms with Gasteiger partial charge in [-0.1, -0.05) is 32.1 Å². The van der Waals surface area contributed by atoms with Crippen LogP contribution >= 0.6 is 0 Å². The number of aromatic amines is 1. The fraction of sp³-hybridized carbons (Fsp3) is 0.692. The SMILES string of the molecule is O=C(CCC1CCCCC1)Cc1ncc[nH]1. The number of nitrogens with zero attached hydrogens (tertiary/aromatic N) is 1. The Morgan fingerprint density at radius 3 is 2.88 bits per heavy atom. The van der Waals surface area contributed by atoms with Crippen LogP contribution in [0.4, 0.5) is 0 Å². The van der Waals surface area contributed by atoms with E-state index >= 15 is 0 Å². The van der Waals surface area contributed by atoms with Gasteiger partial charge in [-0.25, -0.2) is 4.98 Å². The molecule has 3 nitrogen and oxygen atoms in total. The Labute approximate surface area is 96.7 Å². The van der Waals surface area contributed by atoms with E-state index < -0.39 is 0 Å². The number of rotatable bonds is 5. The molecule has 1 aliphatic rings. The predicted octanol–water partition coefficient (Wildman–Crippen LogP) is 2.88. The Morgan fingerprint density at radius 2 is 2.19 bits per heavy atom. The lowest BCUT2D eigenvalue weighted by Gasteiger charge is -2.20. The summed E-state index contributed by atoms with van der Waals surface area (Å²) < 4.78 is 0. The number of hydrogen-bond donors (Lipinski definition) is 1. The first kappa shape index (κ1) is 11.4. The number of Topliss-reactive ketones (excluding diaryl/α,β-unsaturated/α-hetero) is 1. The summed E-state index contributed by atoms with van der Waals surface area (Å²) in [5.41, 5.74) is 0. The number of carbonyl (C=O) groups is 1. The second kappa shape index (κ2) is 5.83. The average Bonchev–Trinajstić information content (AvgIpc) is 2.81. The van der Waals surface area contributed by atoms with Crippen molar-refractivity contribution in [3.8, 4) is 0 Å². The third-order valence-corrected chi connectivity index (χ3v) is 3.48. The molecule has 0 aliphatic heterocycles. The summed E-state index contributed by atoms with van der Waals surface area (Å²) in [5, 5.41) is 0. The van der Waals surface area contributed by atoms with Crippen LogP contribution in [0.15, 0.2) is 12.4 Å². The number of hydrogen-bond acceptors (Lipinski definition) is 2. The topological polar surface area (TPSA) is 45.8 Å². The van der Waals surface area contributed by atoms with E-state index in [1.54, 1.807) is 12.4 Å². The summed E-state index contributed by atoms with van der Waals surface area (Å²) in [6.45, 7) is 0. The van der Waals surface area contributed by atoms with Crippen molar-refractivity contribution in [2.24, 2.45) is 5.92 Å². The minimum atomic E-state index is 0.320. The van der Waals surface area contributed by atoms with Gasteiger partial charge in [-0.2, -0.15) is 0 Å². The van der Waals surface area contributed by atoms with Crippen molar-refractivity contribution in [2.45, 2.75) is 51.4 Å². The van der Waals surface area contributed by atoms with E-state index in [1.807, 2.05) is 0 Å². The molecule has 1 N–H and O–H groups in total. The van der Waals surface area contributed by atoms with Gasteiger partial charge >= 0.3 is 0 Å². The lowest BCUT2D eigenvalue weighted by molar-refractivity contribution is -0.118. The first-order chi connectivity index (χ1) is 7.84. The van der Waals surface area contributed by atoms with E-state index in [0.29, 0.717) is 12.2 Å². The summed E-state index contributed by atoms with van der Waals surface area (Å²) >= 11 is 0. The fourth-order valence-electron chi connectivity index (χ4n) is 2.51. The minimum Gasteiger partial charge on any atom is -0.348 e. The van der Waals surface area contributed by atoms with Crippen LogP contribution in [0.1, 0.15) is 50.8 Å². The molecule has 1 fully saturated rings. The minimum absolute atomic E-state index is 0.320. The van der Waals surface area contributed by atoms with Crippen LogP contribution in [0, 0.1) is 5.92 Å². The second-order valence-corrected chi connectivity index (χ2v) is 4.79. The zero-order chi connectivity index (χ0) is 11.2. The maximum absolute atomic E-state index is 11.7. The van der Waals surface area contributed by atoms with Crippen LogP contribution in [-0.2, 0) is 11.2 Å².